The number of hydrogen-bond donors (Lipinski definition) is 2. The first-order valence-electron chi connectivity index (χ1n) is 9.31. The molecule has 13 heteroatoms. The molecule has 2 aromatic heterocycles. The number of alkyl halides is 3. The average Bonchev–Trinajstić information content (AvgIpc) is 3.22. The zero-order valence-electron chi connectivity index (χ0n) is 16.8. The topological polar surface area (TPSA) is 119 Å². The van der Waals surface area contributed by atoms with Crippen LogP contribution in [0.4, 0.5) is 13.2 Å². The molecule has 1 aromatic carbocycles. The number of H-pyrrole nitrogens is 2. The Hall–Kier alpha value is -2.69. The maximum absolute atomic E-state index is 13.7. The molecule has 0 aliphatic heterocycles. The molecule has 9 nitrogen and oxygen atoms in total. The van der Waals surface area contributed by atoms with Gasteiger partial charge < -0.3 is 19.0 Å². The molecule has 3 aromatic rings. The molecule has 31 heavy (non-hydrogen) atoms. The maximum atomic E-state index is 13.7. The molecule has 0 bridgehead atoms. The van der Waals surface area contributed by atoms with Crippen LogP contribution in [-0.4, -0.2) is 32.7 Å². The first-order chi connectivity index (χ1) is 14.5. The van der Waals surface area contributed by atoms with Crippen LogP contribution >= 0.6 is 7.60 Å². The number of aromatic amines is 2. The number of nitrogens with zero attached hydrogens (tertiary/aromatic N) is 2. The number of rotatable bonds is 7. The minimum Gasteiger partial charge on any atom is -0.345 e. The van der Waals surface area contributed by atoms with E-state index in [1.807, 2.05) is 0 Å². The molecule has 1 unspecified atom stereocenters. The molecule has 3 rings (SSSR count). The summed E-state index contributed by atoms with van der Waals surface area (Å²) in [4.78, 5) is 33.6. The second-order valence-electron chi connectivity index (χ2n) is 6.49. The van der Waals surface area contributed by atoms with Gasteiger partial charge in [0.05, 0.1) is 29.8 Å². The van der Waals surface area contributed by atoms with Gasteiger partial charge in [-0.2, -0.15) is 13.2 Å². The number of benzene rings is 1. The quantitative estimate of drug-likeness (QED) is 0.408. The van der Waals surface area contributed by atoms with Crippen molar-refractivity contribution >= 4 is 18.6 Å². The normalized spacial score (nSPS) is 13.6. The first-order valence-corrected chi connectivity index (χ1v) is 10.9. The molecule has 0 radical (unpaired) electrons. The van der Waals surface area contributed by atoms with Crippen LogP contribution in [0.1, 0.15) is 32.1 Å². The molecule has 0 aliphatic rings. The van der Waals surface area contributed by atoms with Crippen molar-refractivity contribution < 1.29 is 26.8 Å². The van der Waals surface area contributed by atoms with Crippen molar-refractivity contribution in [1.29, 1.82) is 0 Å². The van der Waals surface area contributed by atoms with Gasteiger partial charge in [0, 0.05) is 18.0 Å². The Balaban J connectivity index is 2.41. The van der Waals surface area contributed by atoms with E-state index in [0.29, 0.717) is 6.07 Å². The molecule has 0 saturated heterocycles. The summed E-state index contributed by atoms with van der Waals surface area (Å²) in [6.45, 7) is 4.47. The smallest absolute Gasteiger partial charge is 0.345 e. The minimum atomic E-state index is -4.77. The van der Waals surface area contributed by atoms with E-state index in [1.54, 1.807) is 13.8 Å². The number of hydrogen-bond acceptors (Lipinski definition) is 6. The van der Waals surface area contributed by atoms with Crippen LogP contribution in [0.15, 0.2) is 34.1 Å². The third kappa shape index (κ3) is 4.23. The minimum absolute atomic E-state index is 0.00659. The summed E-state index contributed by atoms with van der Waals surface area (Å²) in [5.41, 5.74) is -4.04. The van der Waals surface area contributed by atoms with Crippen LogP contribution in [0, 0.1) is 0 Å². The fourth-order valence-electron chi connectivity index (χ4n) is 3.25. The molecule has 0 saturated carbocycles. The molecule has 0 spiro atoms. The van der Waals surface area contributed by atoms with Crippen molar-refractivity contribution in [2.45, 2.75) is 32.7 Å². The van der Waals surface area contributed by atoms with E-state index < -0.39 is 36.2 Å². The third-order valence-corrected chi connectivity index (χ3v) is 6.95. The molecular weight excluding hydrogens is 440 g/mol. The Labute approximate surface area is 173 Å². The summed E-state index contributed by atoms with van der Waals surface area (Å²) < 4.78 is 65.8. The monoisotopic (exact) mass is 460 g/mol. The van der Waals surface area contributed by atoms with E-state index in [9.17, 15) is 27.3 Å². The highest BCUT2D eigenvalue weighted by molar-refractivity contribution is 7.53. The largest absolute Gasteiger partial charge is 0.417 e. The van der Waals surface area contributed by atoms with E-state index in [4.69, 9.17) is 9.05 Å². The number of imidazole rings is 1. The van der Waals surface area contributed by atoms with Crippen molar-refractivity contribution in [3.63, 3.8) is 0 Å². The Morgan fingerprint density at radius 3 is 2.35 bits per heavy atom. The molecular formula is C18H20F3N4O5P. The molecule has 0 fully saturated rings. The fraction of sp³-hybridized carbons (Fsp3) is 0.389. The van der Waals surface area contributed by atoms with Crippen molar-refractivity contribution in [1.82, 2.24) is 19.5 Å². The summed E-state index contributed by atoms with van der Waals surface area (Å²) >= 11 is 0. The van der Waals surface area contributed by atoms with Crippen LogP contribution in [0.25, 0.3) is 22.4 Å². The SMILES string of the molecule is CCOP(=O)(OCC)C(C)n1c(=O)c(=O)[nH]c2cc(C(F)(F)F)c(-c3ncc[nH]3)cc21. The van der Waals surface area contributed by atoms with Gasteiger partial charge in [-0.1, -0.05) is 0 Å². The Bertz CT molecular complexity index is 1240. The lowest BCUT2D eigenvalue weighted by molar-refractivity contribution is -0.137. The summed E-state index contributed by atoms with van der Waals surface area (Å²) in [6.07, 6.45) is -2.15. The lowest BCUT2D eigenvalue weighted by Gasteiger charge is -2.26. The van der Waals surface area contributed by atoms with Crippen molar-refractivity contribution in [3.05, 3.63) is 50.8 Å². The Kier molecular flexibility index (Phi) is 6.26. The van der Waals surface area contributed by atoms with E-state index in [0.717, 1.165) is 10.6 Å². The molecule has 0 amide bonds. The summed E-state index contributed by atoms with van der Waals surface area (Å²) in [5, 5.41) is 0. The van der Waals surface area contributed by atoms with E-state index in [-0.39, 0.29) is 35.6 Å². The zero-order chi connectivity index (χ0) is 23.0. The summed E-state index contributed by atoms with van der Waals surface area (Å²) in [7, 11) is -3.94. The van der Waals surface area contributed by atoms with Gasteiger partial charge in [-0.15, -0.1) is 0 Å². The zero-order valence-corrected chi connectivity index (χ0v) is 17.7. The number of nitrogens with one attached hydrogen (secondary N) is 2. The number of halogens is 3. The lowest BCUT2D eigenvalue weighted by Crippen LogP contribution is -2.38. The summed E-state index contributed by atoms with van der Waals surface area (Å²) in [5.74, 6) is -1.38. The van der Waals surface area contributed by atoms with Gasteiger partial charge in [-0.3, -0.25) is 18.7 Å². The predicted octanol–water partition coefficient (Wildman–Crippen LogP) is 3.88. The van der Waals surface area contributed by atoms with Gasteiger partial charge in [0.15, 0.2) is 0 Å². The van der Waals surface area contributed by atoms with Crippen LogP contribution in [0.2, 0.25) is 0 Å². The predicted molar refractivity (Wildman–Crippen MR) is 107 cm³/mol. The van der Waals surface area contributed by atoms with Crippen LogP contribution in [0.3, 0.4) is 0 Å². The highest BCUT2D eigenvalue weighted by Crippen LogP contribution is 2.58. The number of aromatic nitrogens is 4. The first kappa shape index (κ1) is 23.0. The van der Waals surface area contributed by atoms with Crippen molar-refractivity contribution in [2.24, 2.45) is 0 Å². The number of fused-ring (bicyclic) bond motifs is 1. The standard InChI is InChI=1S/C18H20F3N4O5P/c1-4-29-31(28,30-5-2)10(3)25-14-8-11(15-22-6-7-23-15)12(18(19,20)21)9-13(14)24-16(26)17(25)27/h6-10H,4-5H2,1-3H3,(H,22,23)(H,24,26). The summed E-state index contributed by atoms with van der Waals surface area (Å²) in [6, 6.07) is 1.77. The highest BCUT2D eigenvalue weighted by Gasteiger charge is 2.38. The van der Waals surface area contributed by atoms with Gasteiger partial charge >= 0.3 is 24.9 Å². The lowest BCUT2D eigenvalue weighted by atomic mass is 10.0. The van der Waals surface area contributed by atoms with Gasteiger partial charge in [-0.25, -0.2) is 4.98 Å². The van der Waals surface area contributed by atoms with E-state index in [1.165, 1.54) is 19.3 Å². The Morgan fingerprint density at radius 1 is 1.19 bits per heavy atom. The molecule has 2 N–H and O–H groups in total. The molecule has 0 aliphatic carbocycles. The third-order valence-electron chi connectivity index (χ3n) is 4.56. The second kappa shape index (κ2) is 8.45. The van der Waals surface area contributed by atoms with Crippen LogP contribution in [0.5, 0.6) is 0 Å². The molecule has 2 heterocycles. The van der Waals surface area contributed by atoms with E-state index >= 15 is 0 Å². The van der Waals surface area contributed by atoms with Gasteiger partial charge in [0.2, 0.25) is 0 Å². The van der Waals surface area contributed by atoms with Crippen LogP contribution in [-0.2, 0) is 19.8 Å². The Morgan fingerprint density at radius 2 is 1.84 bits per heavy atom. The average molecular weight is 460 g/mol. The van der Waals surface area contributed by atoms with Gasteiger partial charge in [-0.05, 0) is 32.9 Å². The van der Waals surface area contributed by atoms with E-state index in [2.05, 4.69) is 15.0 Å². The highest BCUT2D eigenvalue weighted by atomic mass is 31.2. The van der Waals surface area contributed by atoms with Crippen molar-refractivity contribution in [2.75, 3.05) is 13.2 Å². The second-order valence-corrected chi connectivity index (χ2v) is 8.83. The van der Waals surface area contributed by atoms with Crippen molar-refractivity contribution in [3.8, 4) is 11.4 Å². The van der Waals surface area contributed by atoms with Gasteiger partial charge in [0.25, 0.3) is 0 Å². The fourth-order valence-corrected chi connectivity index (χ4v) is 4.99. The molecule has 168 valence electrons. The molecule has 1 atom stereocenters. The van der Waals surface area contributed by atoms with Gasteiger partial charge in [0.1, 0.15) is 11.6 Å². The van der Waals surface area contributed by atoms with Crippen LogP contribution < -0.4 is 11.1 Å². The maximum Gasteiger partial charge on any atom is 0.417 e.